The maximum absolute atomic E-state index is 6.07. The second kappa shape index (κ2) is 6.89. The zero-order chi connectivity index (χ0) is 13.7. The predicted octanol–water partition coefficient (Wildman–Crippen LogP) is 3.89. The highest BCUT2D eigenvalue weighted by Gasteiger charge is 2.16. The number of nitrogens with one attached hydrogen (secondary N) is 1. The molecule has 0 spiro atoms. The van der Waals surface area contributed by atoms with Crippen LogP contribution in [0.1, 0.15) is 30.6 Å². The fourth-order valence-corrected chi connectivity index (χ4v) is 2.68. The van der Waals surface area contributed by atoms with E-state index < -0.39 is 0 Å². The first kappa shape index (κ1) is 14.3. The van der Waals surface area contributed by atoms with E-state index in [9.17, 15) is 0 Å². The number of benzene rings is 1. The van der Waals surface area contributed by atoms with Crippen LogP contribution in [0.25, 0.3) is 0 Å². The Hall–Kier alpha value is -1.10. The first-order chi connectivity index (χ1) is 9.26. The number of nitrogens with zero attached hydrogens (tertiary/aromatic N) is 1. The van der Waals surface area contributed by atoms with Gasteiger partial charge in [-0.25, -0.2) is 4.98 Å². The molecule has 0 radical (unpaired) electrons. The Morgan fingerprint density at radius 3 is 2.95 bits per heavy atom. The van der Waals surface area contributed by atoms with Crippen LogP contribution in [0, 0.1) is 0 Å². The fourth-order valence-electron chi connectivity index (χ4n) is 1.90. The van der Waals surface area contributed by atoms with E-state index in [0.717, 1.165) is 24.2 Å². The molecule has 0 bridgehead atoms. The van der Waals surface area contributed by atoms with Crippen molar-refractivity contribution in [3.8, 4) is 5.75 Å². The topological polar surface area (TPSA) is 34.1 Å². The standard InChI is InChI=1S/C14H17ClN2OS/c1-3-6-16-14(12-8-19-9-17-12)10-4-5-11(15)13(7-10)18-2/h4-5,7-9,14,16H,3,6H2,1-2H3. The summed E-state index contributed by atoms with van der Waals surface area (Å²) in [6.45, 7) is 3.08. The van der Waals surface area contributed by atoms with Gasteiger partial charge in [0.15, 0.2) is 0 Å². The third-order valence-corrected chi connectivity index (χ3v) is 3.77. The number of methoxy groups -OCH3 is 1. The van der Waals surface area contributed by atoms with Crippen LogP contribution in [0.15, 0.2) is 29.1 Å². The van der Waals surface area contributed by atoms with Crippen LogP contribution in [0.4, 0.5) is 0 Å². The van der Waals surface area contributed by atoms with Crippen LogP contribution in [0.3, 0.4) is 0 Å². The van der Waals surface area contributed by atoms with E-state index in [1.54, 1.807) is 18.4 Å². The van der Waals surface area contributed by atoms with Gasteiger partial charge in [-0.05, 0) is 30.7 Å². The van der Waals surface area contributed by atoms with E-state index in [4.69, 9.17) is 16.3 Å². The molecule has 1 unspecified atom stereocenters. The number of rotatable bonds is 6. The van der Waals surface area contributed by atoms with Crippen LogP contribution in [0.5, 0.6) is 5.75 Å². The highest BCUT2D eigenvalue weighted by Crippen LogP contribution is 2.30. The van der Waals surface area contributed by atoms with Crippen molar-refractivity contribution in [1.29, 1.82) is 0 Å². The second-order valence-electron chi connectivity index (χ2n) is 4.19. The molecule has 1 atom stereocenters. The maximum Gasteiger partial charge on any atom is 0.137 e. The number of hydrogen-bond acceptors (Lipinski definition) is 4. The Balaban J connectivity index is 2.32. The number of ether oxygens (including phenoxy) is 1. The minimum atomic E-state index is 0.0809. The van der Waals surface area contributed by atoms with Crippen molar-refractivity contribution in [2.75, 3.05) is 13.7 Å². The molecule has 5 heteroatoms. The molecule has 1 heterocycles. The number of thiazole rings is 1. The number of aromatic nitrogens is 1. The number of hydrogen-bond donors (Lipinski definition) is 1. The van der Waals surface area contributed by atoms with Crippen molar-refractivity contribution in [2.24, 2.45) is 0 Å². The quantitative estimate of drug-likeness (QED) is 0.878. The van der Waals surface area contributed by atoms with Gasteiger partial charge in [0.05, 0.1) is 29.4 Å². The van der Waals surface area contributed by atoms with Crippen molar-refractivity contribution in [3.05, 3.63) is 45.4 Å². The van der Waals surface area contributed by atoms with Gasteiger partial charge in [0, 0.05) is 5.38 Å². The number of halogens is 1. The molecule has 0 aliphatic carbocycles. The third-order valence-electron chi connectivity index (χ3n) is 2.85. The first-order valence-corrected chi connectivity index (χ1v) is 7.53. The molecule has 1 aromatic carbocycles. The van der Waals surface area contributed by atoms with Crippen molar-refractivity contribution in [2.45, 2.75) is 19.4 Å². The van der Waals surface area contributed by atoms with E-state index in [-0.39, 0.29) is 6.04 Å². The van der Waals surface area contributed by atoms with E-state index in [2.05, 4.69) is 22.6 Å². The van der Waals surface area contributed by atoms with E-state index in [0.29, 0.717) is 10.8 Å². The van der Waals surface area contributed by atoms with Gasteiger partial charge in [-0.2, -0.15) is 0 Å². The summed E-state index contributed by atoms with van der Waals surface area (Å²) >= 11 is 7.67. The molecule has 2 rings (SSSR count). The zero-order valence-electron chi connectivity index (χ0n) is 11.0. The van der Waals surface area contributed by atoms with Gasteiger partial charge in [-0.1, -0.05) is 24.6 Å². The lowest BCUT2D eigenvalue weighted by atomic mass is 10.0. The summed E-state index contributed by atoms with van der Waals surface area (Å²) in [5, 5.41) is 6.19. The molecule has 0 aliphatic heterocycles. The summed E-state index contributed by atoms with van der Waals surface area (Å²) in [7, 11) is 1.63. The van der Waals surface area contributed by atoms with Gasteiger partial charge in [0.1, 0.15) is 5.75 Å². The molecule has 0 amide bonds. The fraction of sp³-hybridized carbons (Fsp3) is 0.357. The van der Waals surface area contributed by atoms with Crippen molar-refractivity contribution in [3.63, 3.8) is 0 Å². The maximum atomic E-state index is 6.07. The van der Waals surface area contributed by atoms with E-state index in [1.807, 2.05) is 23.7 Å². The summed E-state index contributed by atoms with van der Waals surface area (Å²) in [4.78, 5) is 4.41. The average Bonchev–Trinajstić information content (AvgIpc) is 2.95. The minimum Gasteiger partial charge on any atom is -0.495 e. The summed E-state index contributed by atoms with van der Waals surface area (Å²) < 4.78 is 5.28. The second-order valence-corrected chi connectivity index (χ2v) is 5.32. The third kappa shape index (κ3) is 3.47. The van der Waals surface area contributed by atoms with Gasteiger partial charge in [0.25, 0.3) is 0 Å². The molecule has 1 aromatic heterocycles. The monoisotopic (exact) mass is 296 g/mol. The Morgan fingerprint density at radius 2 is 2.32 bits per heavy atom. The molecule has 0 fully saturated rings. The normalized spacial score (nSPS) is 12.4. The van der Waals surface area contributed by atoms with Crippen molar-refractivity contribution >= 4 is 22.9 Å². The zero-order valence-corrected chi connectivity index (χ0v) is 12.6. The Labute approximate surface area is 122 Å². The van der Waals surface area contributed by atoms with Crippen LogP contribution in [-0.4, -0.2) is 18.6 Å². The highest BCUT2D eigenvalue weighted by molar-refractivity contribution is 7.07. The minimum absolute atomic E-state index is 0.0809. The SMILES string of the molecule is CCCNC(c1ccc(Cl)c(OC)c1)c1cscn1. The average molecular weight is 297 g/mol. The van der Waals surface area contributed by atoms with Crippen LogP contribution < -0.4 is 10.1 Å². The highest BCUT2D eigenvalue weighted by atomic mass is 35.5. The van der Waals surface area contributed by atoms with Gasteiger partial charge in [-0.3, -0.25) is 0 Å². The predicted molar refractivity (Wildman–Crippen MR) is 80.3 cm³/mol. The summed E-state index contributed by atoms with van der Waals surface area (Å²) in [5.41, 5.74) is 3.99. The van der Waals surface area contributed by atoms with Crippen LogP contribution in [0.2, 0.25) is 5.02 Å². The Bertz CT molecular complexity index is 516. The molecular formula is C14H17ClN2OS. The van der Waals surface area contributed by atoms with Crippen LogP contribution in [-0.2, 0) is 0 Å². The molecule has 102 valence electrons. The summed E-state index contributed by atoms with van der Waals surface area (Å²) in [5.74, 6) is 0.692. The molecule has 2 aromatic rings. The van der Waals surface area contributed by atoms with Gasteiger partial charge < -0.3 is 10.1 Å². The summed E-state index contributed by atoms with van der Waals surface area (Å²) in [6, 6.07) is 5.92. The molecule has 0 saturated heterocycles. The lowest BCUT2D eigenvalue weighted by molar-refractivity contribution is 0.413. The molecule has 3 nitrogen and oxygen atoms in total. The molecule has 19 heavy (non-hydrogen) atoms. The van der Waals surface area contributed by atoms with Gasteiger partial charge in [0.2, 0.25) is 0 Å². The van der Waals surface area contributed by atoms with Gasteiger partial charge in [-0.15, -0.1) is 11.3 Å². The summed E-state index contributed by atoms with van der Waals surface area (Å²) in [6.07, 6.45) is 1.07. The lowest BCUT2D eigenvalue weighted by Crippen LogP contribution is -2.23. The largest absolute Gasteiger partial charge is 0.495 e. The van der Waals surface area contributed by atoms with Crippen LogP contribution >= 0.6 is 22.9 Å². The van der Waals surface area contributed by atoms with Crippen molar-refractivity contribution < 1.29 is 4.74 Å². The Morgan fingerprint density at radius 1 is 1.47 bits per heavy atom. The molecule has 1 N–H and O–H groups in total. The van der Waals surface area contributed by atoms with E-state index in [1.165, 1.54) is 0 Å². The Kier molecular flexibility index (Phi) is 5.19. The molecule has 0 aliphatic rings. The molecule has 0 saturated carbocycles. The van der Waals surface area contributed by atoms with Gasteiger partial charge >= 0.3 is 0 Å². The first-order valence-electron chi connectivity index (χ1n) is 6.21. The molecular weight excluding hydrogens is 280 g/mol. The van der Waals surface area contributed by atoms with Crippen molar-refractivity contribution in [1.82, 2.24) is 10.3 Å². The lowest BCUT2D eigenvalue weighted by Gasteiger charge is -2.18. The van der Waals surface area contributed by atoms with E-state index >= 15 is 0 Å². The smallest absolute Gasteiger partial charge is 0.137 e.